The summed E-state index contributed by atoms with van der Waals surface area (Å²) in [4.78, 5) is 0. The van der Waals surface area contributed by atoms with Crippen molar-refractivity contribution in [2.75, 3.05) is 14.2 Å². The van der Waals surface area contributed by atoms with Crippen LogP contribution in [0.2, 0.25) is 5.02 Å². The molecule has 2 aromatic rings. The van der Waals surface area contributed by atoms with Gasteiger partial charge in [-0.1, -0.05) is 11.6 Å². The average Bonchev–Trinajstić information content (AvgIpc) is 2.75. The minimum Gasteiger partial charge on any atom is -0.493 e. The summed E-state index contributed by atoms with van der Waals surface area (Å²) in [5, 5.41) is 7.91. The highest BCUT2D eigenvalue weighted by Crippen LogP contribution is 2.36. The zero-order chi connectivity index (χ0) is 15.4. The highest BCUT2D eigenvalue weighted by atomic mass is 35.5. The molecule has 0 saturated carbocycles. The van der Waals surface area contributed by atoms with Gasteiger partial charge in [0, 0.05) is 13.6 Å². The first-order valence-corrected chi connectivity index (χ1v) is 7.06. The maximum Gasteiger partial charge on any atom is 0.180 e. The van der Waals surface area contributed by atoms with Crippen molar-refractivity contribution in [3.63, 3.8) is 0 Å². The number of nitrogens with zero attached hydrogens (tertiary/aromatic N) is 2. The van der Waals surface area contributed by atoms with E-state index in [0.29, 0.717) is 23.1 Å². The molecular formula is C15H20ClN3O2. The number of methoxy groups -OCH3 is 1. The molecule has 1 aromatic carbocycles. The van der Waals surface area contributed by atoms with Crippen LogP contribution in [0.5, 0.6) is 11.5 Å². The van der Waals surface area contributed by atoms with E-state index in [1.54, 1.807) is 11.8 Å². The van der Waals surface area contributed by atoms with Crippen LogP contribution in [-0.4, -0.2) is 23.9 Å². The topological polar surface area (TPSA) is 48.3 Å². The van der Waals surface area contributed by atoms with Gasteiger partial charge in [0.25, 0.3) is 0 Å². The molecule has 0 aliphatic rings. The van der Waals surface area contributed by atoms with Crippen molar-refractivity contribution in [1.29, 1.82) is 0 Å². The third kappa shape index (κ3) is 3.68. The van der Waals surface area contributed by atoms with Crippen LogP contribution in [0.25, 0.3) is 0 Å². The number of nitrogens with one attached hydrogen (secondary N) is 1. The predicted octanol–water partition coefficient (Wildman–Crippen LogP) is 2.69. The Balaban J connectivity index is 2.21. The van der Waals surface area contributed by atoms with E-state index in [4.69, 9.17) is 21.1 Å². The van der Waals surface area contributed by atoms with Crippen LogP contribution in [0.3, 0.4) is 0 Å². The third-order valence-electron chi connectivity index (χ3n) is 3.13. The van der Waals surface area contributed by atoms with Gasteiger partial charge in [-0.3, -0.25) is 4.68 Å². The summed E-state index contributed by atoms with van der Waals surface area (Å²) < 4.78 is 13.0. The van der Waals surface area contributed by atoms with Crippen molar-refractivity contribution in [1.82, 2.24) is 15.1 Å². The van der Waals surface area contributed by atoms with Crippen LogP contribution in [0.15, 0.2) is 18.2 Å². The van der Waals surface area contributed by atoms with Crippen molar-refractivity contribution in [3.8, 4) is 11.5 Å². The molecule has 1 aromatic heterocycles. The Kier molecular flexibility index (Phi) is 5.09. The molecule has 1 N–H and O–H groups in total. The van der Waals surface area contributed by atoms with Crippen LogP contribution in [0.1, 0.15) is 17.0 Å². The Bertz CT molecular complexity index is 626. The van der Waals surface area contributed by atoms with E-state index in [9.17, 15) is 0 Å². The van der Waals surface area contributed by atoms with E-state index in [0.717, 1.165) is 23.5 Å². The van der Waals surface area contributed by atoms with E-state index in [-0.39, 0.29) is 0 Å². The predicted molar refractivity (Wildman–Crippen MR) is 83.0 cm³/mol. The Morgan fingerprint density at radius 1 is 1.33 bits per heavy atom. The van der Waals surface area contributed by atoms with Crippen molar-refractivity contribution < 1.29 is 9.47 Å². The fourth-order valence-corrected chi connectivity index (χ4v) is 2.45. The molecule has 0 atom stereocenters. The number of aryl methyl sites for hydroxylation is 2. The second-order valence-electron chi connectivity index (χ2n) is 4.83. The summed E-state index contributed by atoms with van der Waals surface area (Å²) >= 11 is 6.31. The molecule has 5 nitrogen and oxygen atoms in total. The molecule has 0 unspecified atom stereocenters. The second-order valence-corrected chi connectivity index (χ2v) is 5.24. The van der Waals surface area contributed by atoms with Crippen LogP contribution in [-0.2, 0) is 20.2 Å². The summed E-state index contributed by atoms with van der Waals surface area (Å²) in [7, 11) is 5.38. The fourth-order valence-electron chi connectivity index (χ4n) is 2.16. The number of hydrogen-bond donors (Lipinski definition) is 1. The molecule has 6 heteroatoms. The largest absolute Gasteiger partial charge is 0.493 e. The van der Waals surface area contributed by atoms with E-state index < -0.39 is 0 Å². The van der Waals surface area contributed by atoms with E-state index in [2.05, 4.69) is 10.4 Å². The second kappa shape index (κ2) is 6.83. The van der Waals surface area contributed by atoms with Crippen molar-refractivity contribution in [2.45, 2.75) is 20.1 Å². The van der Waals surface area contributed by atoms with Crippen molar-refractivity contribution in [3.05, 3.63) is 40.2 Å². The van der Waals surface area contributed by atoms with Gasteiger partial charge in [0.05, 0.1) is 23.5 Å². The summed E-state index contributed by atoms with van der Waals surface area (Å²) in [5.41, 5.74) is 2.98. The third-order valence-corrected chi connectivity index (χ3v) is 3.41. The average molecular weight is 310 g/mol. The van der Waals surface area contributed by atoms with Gasteiger partial charge in [-0.15, -0.1) is 0 Å². The Morgan fingerprint density at radius 2 is 2.10 bits per heavy atom. The van der Waals surface area contributed by atoms with Crippen molar-refractivity contribution >= 4 is 11.6 Å². The molecule has 0 aliphatic heterocycles. The van der Waals surface area contributed by atoms with Gasteiger partial charge in [0.1, 0.15) is 6.61 Å². The smallest absolute Gasteiger partial charge is 0.180 e. The lowest BCUT2D eigenvalue weighted by Crippen LogP contribution is -2.07. The van der Waals surface area contributed by atoms with Crippen molar-refractivity contribution in [2.24, 2.45) is 7.05 Å². The number of benzene rings is 1. The quantitative estimate of drug-likeness (QED) is 0.891. The van der Waals surface area contributed by atoms with Crippen LogP contribution in [0.4, 0.5) is 0 Å². The van der Waals surface area contributed by atoms with E-state index in [1.165, 1.54) is 0 Å². The molecule has 114 valence electrons. The minimum absolute atomic E-state index is 0.388. The monoisotopic (exact) mass is 309 g/mol. The van der Waals surface area contributed by atoms with Gasteiger partial charge >= 0.3 is 0 Å². The van der Waals surface area contributed by atoms with E-state index in [1.807, 2.05) is 39.2 Å². The zero-order valence-corrected chi connectivity index (χ0v) is 13.5. The Labute approximate surface area is 129 Å². The lowest BCUT2D eigenvalue weighted by Gasteiger charge is -2.14. The van der Waals surface area contributed by atoms with Gasteiger partial charge in [-0.25, -0.2) is 0 Å². The van der Waals surface area contributed by atoms with Gasteiger partial charge in [0.15, 0.2) is 11.5 Å². The molecule has 0 spiro atoms. The lowest BCUT2D eigenvalue weighted by atomic mass is 10.2. The summed E-state index contributed by atoms with van der Waals surface area (Å²) in [6.45, 7) is 3.06. The first-order valence-electron chi connectivity index (χ1n) is 6.68. The molecule has 0 fully saturated rings. The van der Waals surface area contributed by atoms with Crippen LogP contribution < -0.4 is 14.8 Å². The molecule has 1 heterocycles. The highest BCUT2D eigenvalue weighted by Gasteiger charge is 2.13. The molecule has 2 rings (SSSR count). The first kappa shape index (κ1) is 15.7. The normalized spacial score (nSPS) is 10.7. The molecule has 0 aliphatic carbocycles. The van der Waals surface area contributed by atoms with Gasteiger partial charge in [-0.05, 0) is 37.7 Å². The number of rotatable bonds is 6. The van der Waals surface area contributed by atoms with Gasteiger partial charge < -0.3 is 14.8 Å². The van der Waals surface area contributed by atoms with Crippen LogP contribution in [0, 0.1) is 6.92 Å². The molecule has 0 radical (unpaired) electrons. The van der Waals surface area contributed by atoms with Crippen LogP contribution >= 0.6 is 11.6 Å². The summed E-state index contributed by atoms with van der Waals surface area (Å²) in [6.07, 6.45) is 0. The first-order chi connectivity index (χ1) is 10.0. The molecule has 0 amide bonds. The number of halogens is 1. The maximum atomic E-state index is 6.31. The molecular weight excluding hydrogens is 290 g/mol. The van der Waals surface area contributed by atoms with E-state index >= 15 is 0 Å². The number of ether oxygens (including phenoxy) is 2. The summed E-state index contributed by atoms with van der Waals surface area (Å²) in [5.74, 6) is 1.18. The zero-order valence-electron chi connectivity index (χ0n) is 12.7. The highest BCUT2D eigenvalue weighted by molar-refractivity contribution is 6.32. The maximum absolute atomic E-state index is 6.31. The lowest BCUT2D eigenvalue weighted by molar-refractivity contribution is 0.275. The Morgan fingerprint density at radius 3 is 2.67 bits per heavy atom. The molecule has 0 bridgehead atoms. The minimum atomic E-state index is 0.388. The number of hydrogen-bond acceptors (Lipinski definition) is 4. The number of aromatic nitrogens is 2. The van der Waals surface area contributed by atoms with Gasteiger partial charge in [-0.2, -0.15) is 5.10 Å². The molecule has 0 saturated heterocycles. The Hall–Kier alpha value is -1.72. The SMILES string of the molecule is CNCc1cc(Cl)c(OCc2cc(C)nn2C)c(OC)c1. The standard InChI is InChI=1S/C15H20ClN3O2/c1-10-5-12(19(3)18-10)9-21-15-13(16)6-11(8-17-2)7-14(15)20-4/h5-7,17H,8-9H2,1-4H3. The fraction of sp³-hybridized carbons (Fsp3) is 0.400. The molecule has 21 heavy (non-hydrogen) atoms. The summed E-state index contributed by atoms with van der Waals surface area (Å²) in [6, 6.07) is 5.78. The van der Waals surface area contributed by atoms with Gasteiger partial charge in [0.2, 0.25) is 0 Å².